The SMILES string of the molecule is C=CC[Si]12O[Si]3(C(C)CC)O[Si]4(C(C)CC)O[Si](C(C)CC)(O1)O[Si]1(C(C)CC)O[Si](C(C)CC)(O2)O[Si](C(C)CC)(O3)O[Si](C(C)CC)(O4)O1. The van der Waals surface area contributed by atoms with Crippen molar-refractivity contribution in [3.05, 3.63) is 12.7 Å². The zero-order valence-electron chi connectivity index (χ0n) is 33.9. The lowest BCUT2D eigenvalue weighted by molar-refractivity contribution is -0.0441. The molecule has 0 aromatic carbocycles. The Kier molecular flexibility index (Phi) is 13.0. The van der Waals surface area contributed by atoms with Gasteiger partial charge >= 0.3 is 70.4 Å². The number of rotatable bonds is 16. The zero-order valence-corrected chi connectivity index (χ0v) is 41.9. The average molecular weight is 858 g/mol. The van der Waals surface area contributed by atoms with Gasteiger partial charge in [0.25, 0.3) is 0 Å². The van der Waals surface area contributed by atoms with Gasteiger partial charge in [-0.05, 0) is 44.9 Å². The second-order valence-electron chi connectivity index (χ2n) is 15.8. The molecule has 6 fully saturated rings. The summed E-state index contributed by atoms with van der Waals surface area (Å²) in [6, 6.07) is 0.280. The van der Waals surface area contributed by atoms with E-state index in [1.807, 2.05) is 6.08 Å². The van der Waals surface area contributed by atoms with E-state index < -0.39 is 70.4 Å². The van der Waals surface area contributed by atoms with E-state index in [2.05, 4.69) is 104 Å². The lowest BCUT2D eigenvalue weighted by Gasteiger charge is -2.66. The third kappa shape index (κ3) is 6.92. The Morgan fingerprint density at radius 2 is 0.490 bits per heavy atom. The smallest absolute Gasteiger partial charge is 0.373 e. The van der Waals surface area contributed by atoms with Gasteiger partial charge < -0.3 is 49.4 Å². The molecule has 0 aliphatic carbocycles. The van der Waals surface area contributed by atoms with E-state index in [1.54, 1.807) is 0 Å². The maximum absolute atomic E-state index is 7.84. The summed E-state index contributed by atoms with van der Waals surface area (Å²) in [5, 5.41) is 0. The van der Waals surface area contributed by atoms with Crippen LogP contribution in [0, 0.1) is 0 Å². The van der Waals surface area contributed by atoms with Gasteiger partial charge in [0.05, 0.1) is 0 Å². The second-order valence-corrected chi connectivity index (χ2v) is 42.7. The standard InChI is InChI=1S/C31H68O12Si8/c1-16-24-44-32-45(25(9)17-2)35-48(28(12)20-5)37-46(33-44,26(10)18-3)39-50(30(14)22-7)40-47(34-44,27(11)19-4)38-49(36-45,29(13)21-6)42-51(41-48,43-50)31(15)23-8/h16,25-31H,1,17-24H2,2-15H3. The first-order chi connectivity index (χ1) is 23.9. The van der Waals surface area contributed by atoms with Crippen molar-refractivity contribution >= 4 is 70.4 Å². The van der Waals surface area contributed by atoms with Gasteiger partial charge in [-0.1, -0.05) is 103 Å². The Hall–Kier alpha value is 0.995. The molecule has 6 saturated heterocycles. The van der Waals surface area contributed by atoms with Crippen LogP contribution in [-0.4, -0.2) is 70.4 Å². The molecule has 0 amide bonds. The molecule has 6 heterocycles. The fourth-order valence-corrected chi connectivity index (χ4v) is 61.3. The summed E-state index contributed by atoms with van der Waals surface area (Å²) in [6.45, 7) is 34.2. The highest BCUT2D eigenvalue weighted by atomic mass is 28.6. The van der Waals surface area contributed by atoms with Crippen molar-refractivity contribution in [2.75, 3.05) is 0 Å². The minimum absolute atomic E-state index is 0.178. The van der Waals surface area contributed by atoms with E-state index >= 15 is 0 Å². The molecule has 0 aromatic heterocycles. The van der Waals surface area contributed by atoms with Crippen molar-refractivity contribution in [2.45, 2.75) is 187 Å². The van der Waals surface area contributed by atoms with Crippen LogP contribution >= 0.6 is 0 Å². The Balaban J connectivity index is 2.05. The summed E-state index contributed by atoms with van der Waals surface area (Å²) in [5.74, 6) is 0. The van der Waals surface area contributed by atoms with Crippen molar-refractivity contribution in [3.63, 3.8) is 0 Å². The molecular formula is C31H68O12Si8. The Bertz CT molecular complexity index is 1100. The van der Waals surface area contributed by atoms with Crippen LogP contribution in [0.15, 0.2) is 12.7 Å². The fourth-order valence-electron chi connectivity index (χ4n) is 7.10. The molecule has 20 heteroatoms. The molecule has 0 spiro atoms. The maximum atomic E-state index is 7.84. The van der Waals surface area contributed by atoms with Crippen LogP contribution in [0.1, 0.15) is 142 Å². The summed E-state index contributed by atoms with van der Waals surface area (Å²) in [4.78, 5) is 0. The molecule has 8 bridgehead atoms. The first-order valence-corrected chi connectivity index (χ1v) is 34.5. The van der Waals surface area contributed by atoms with Crippen LogP contribution in [0.3, 0.4) is 0 Å². The van der Waals surface area contributed by atoms with Gasteiger partial charge in [-0.25, -0.2) is 0 Å². The van der Waals surface area contributed by atoms with E-state index in [0.717, 1.165) is 25.7 Å². The molecule has 6 aliphatic heterocycles. The third-order valence-electron chi connectivity index (χ3n) is 12.4. The number of hydrogen-bond acceptors (Lipinski definition) is 12. The van der Waals surface area contributed by atoms with E-state index in [1.165, 1.54) is 0 Å². The van der Waals surface area contributed by atoms with E-state index in [9.17, 15) is 0 Å². The lowest BCUT2D eigenvalue weighted by Crippen LogP contribution is -2.90. The van der Waals surface area contributed by atoms with E-state index in [-0.39, 0.29) is 44.8 Å². The highest BCUT2D eigenvalue weighted by Crippen LogP contribution is 2.60. The average Bonchev–Trinajstić information content (AvgIpc) is 3.07. The number of hydrogen-bond donors (Lipinski definition) is 0. The monoisotopic (exact) mass is 856 g/mol. The van der Waals surface area contributed by atoms with Gasteiger partial charge in [0, 0.05) is 44.8 Å². The molecule has 0 radical (unpaired) electrons. The van der Waals surface area contributed by atoms with Gasteiger partial charge in [-0.3, -0.25) is 0 Å². The second kappa shape index (κ2) is 15.4. The Morgan fingerprint density at radius 1 is 0.333 bits per heavy atom. The molecular weight excluding hydrogens is 789 g/mol. The zero-order chi connectivity index (χ0) is 37.9. The molecule has 6 aliphatic rings. The van der Waals surface area contributed by atoms with Crippen molar-refractivity contribution in [3.8, 4) is 0 Å². The minimum Gasteiger partial charge on any atom is -0.373 e. The largest absolute Gasteiger partial charge is 0.482 e. The third-order valence-corrected chi connectivity index (χ3v) is 52.1. The summed E-state index contributed by atoms with van der Waals surface area (Å²) in [7, 11) is -31.6. The van der Waals surface area contributed by atoms with Crippen LogP contribution in [-0.2, 0) is 49.4 Å². The van der Waals surface area contributed by atoms with Crippen molar-refractivity contribution in [1.29, 1.82) is 0 Å². The molecule has 51 heavy (non-hydrogen) atoms. The Morgan fingerprint density at radius 3 is 0.627 bits per heavy atom. The van der Waals surface area contributed by atoms with Crippen LogP contribution in [0.5, 0.6) is 0 Å². The molecule has 6 rings (SSSR count). The fraction of sp³-hybridized carbons (Fsp3) is 0.935. The van der Waals surface area contributed by atoms with Gasteiger partial charge in [0.2, 0.25) is 0 Å². The van der Waals surface area contributed by atoms with Crippen molar-refractivity contribution in [2.24, 2.45) is 0 Å². The van der Waals surface area contributed by atoms with E-state index in [0.29, 0.717) is 19.3 Å². The minimum atomic E-state index is -3.96. The molecule has 7 atom stereocenters. The topological polar surface area (TPSA) is 111 Å². The first-order valence-electron chi connectivity index (χ1n) is 19.9. The van der Waals surface area contributed by atoms with Gasteiger partial charge in [0.1, 0.15) is 0 Å². The summed E-state index contributed by atoms with van der Waals surface area (Å²) >= 11 is 0. The van der Waals surface area contributed by atoms with Crippen molar-refractivity contribution < 1.29 is 49.4 Å². The lowest BCUT2D eigenvalue weighted by atomic mass is 10.4. The van der Waals surface area contributed by atoms with Gasteiger partial charge in [-0.15, -0.1) is 6.58 Å². The molecule has 0 N–H and O–H groups in total. The highest BCUT2D eigenvalue weighted by molar-refractivity contribution is 7.04. The van der Waals surface area contributed by atoms with Gasteiger partial charge in [-0.2, -0.15) is 0 Å². The molecule has 0 aromatic rings. The maximum Gasteiger partial charge on any atom is 0.482 e. The Labute approximate surface area is 317 Å². The summed E-state index contributed by atoms with van der Waals surface area (Å²) in [6.07, 6.45) is 6.84. The van der Waals surface area contributed by atoms with Crippen LogP contribution in [0.2, 0.25) is 44.8 Å². The van der Waals surface area contributed by atoms with E-state index in [4.69, 9.17) is 49.4 Å². The summed E-state index contributed by atoms with van der Waals surface area (Å²) < 4.78 is 93.5. The predicted molar refractivity (Wildman–Crippen MR) is 212 cm³/mol. The number of allylic oxidation sites excluding steroid dienone is 1. The normalized spacial score (nSPS) is 46.1. The molecule has 296 valence electrons. The van der Waals surface area contributed by atoms with Crippen LogP contribution < -0.4 is 0 Å². The molecule has 12 nitrogen and oxygen atoms in total. The quantitative estimate of drug-likeness (QED) is 0.109. The molecule has 7 unspecified atom stereocenters. The molecule has 0 saturated carbocycles. The predicted octanol–water partition coefficient (Wildman–Crippen LogP) is 9.55. The van der Waals surface area contributed by atoms with Gasteiger partial charge in [0.15, 0.2) is 0 Å². The van der Waals surface area contributed by atoms with Crippen molar-refractivity contribution in [1.82, 2.24) is 0 Å². The summed E-state index contributed by atoms with van der Waals surface area (Å²) in [5.41, 5.74) is -1.30. The highest BCUT2D eigenvalue weighted by Gasteiger charge is 2.86. The van der Waals surface area contributed by atoms with Crippen LogP contribution in [0.25, 0.3) is 0 Å². The first kappa shape index (κ1) is 43.1. The van der Waals surface area contributed by atoms with Crippen LogP contribution in [0.4, 0.5) is 0 Å².